The second kappa shape index (κ2) is 7.70. The van der Waals surface area contributed by atoms with E-state index < -0.39 is 0 Å². The Balaban J connectivity index is 1.51. The molecule has 0 aromatic carbocycles. The number of aromatic nitrogens is 2. The van der Waals surface area contributed by atoms with Gasteiger partial charge in [-0.15, -0.1) is 0 Å². The van der Waals surface area contributed by atoms with E-state index in [2.05, 4.69) is 40.8 Å². The summed E-state index contributed by atoms with van der Waals surface area (Å²) in [6.07, 6.45) is 9.97. The van der Waals surface area contributed by atoms with E-state index in [0.717, 1.165) is 44.0 Å². The van der Waals surface area contributed by atoms with Crippen molar-refractivity contribution in [1.29, 1.82) is 0 Å². The van der Waals surface area contributed by atoms with Crippen LogP contribution in [0.4, 0.5) is 5.82 Å². The van der Waals surface area contributed by atoms with Crippen LogP contribution in [-0.2, 0) is 4.79 Å². The number of carbonyl (C=O) groups excluding carboxylic acids is 1. The number of fused-ring (bicyclic) bond motifs is 2. The number of hydrogen-bond donors (Lipinski definition) is 0. The summed E-state index contributed by atoms with van der Waals surface area (Å²) in [5, 5.41) is 0. The minimum Gasteiger partial charge on any atom is -0.348 e. The summed E-state index contributed by atoms with van der Waals surface area (Å²) in [5.74, 6) is 2.53. The van der Waals surface area contributed by atoms with Crippen molar-refractivity contribution in [3.63, 3.8) is 0 Å². The van der Waals surface area contributed by atoms with Gasteiger partial charge in [0.1, 0.15) is 11.6 Å². The number of nitrogens with zero attached hydrogens (tertiary/aromatic N) is 4. The van der Waals surface area contributed by atoms with Crippen molar-refractivity contribution in [1.82, 2.24) is 14.9 Å². The van der Waals surface area contributed by atoms with Crippen molar-refractivity contribution in [3.05, 3.63) is 24.2 Å². The number of piperazine rings is 1. The Labute approximate surface area is 162 Å². The topological polar surface area (TPSA) is 49.3 Å². The highest BCUT2D eigenvalue weighted by atomic mass is 16.1. The van der Waals surface area contributed by atoms with Gasteiger partial charge in [0.25, 0.3) is 0 Å². The average Bonchev–Trinajstić information content (AvgIpc) is 2.96. The maximum Gasteiger partial charge on any atom is 0.157 e. The smallest absolute Gasteiger partial charge is 0.157 e. The van der Waals surface area contributed by atoms with Crippen molar-refractivity contribution in [3.8, 4) is 0 Å². The summed E-state index contributed by atoms with van der Waals surface area (Å²) in [6, 6.07) is 3.83. The number of allylic oxidation sites excluding steroid dienone is 2. The first-order chi connectivity index (χ1) is 13.1. The molecule has 5 heteroatoms. The van der Waals surface area contributed by atoms with Crippen molar-refractivity contribution in [2.24, 2.45) is 5.92 Å². The molecule has 3 unspecified atom stereocenters. The number of likely N-dealkylation sites (tertiary alicyclic amines) is 1. The molecule has 2 fully saturated rings. The standard InChI is InChI=1S/C22H32N4O/c1-4-20(27)16-5-7-17(8-6-16)22-23-12-11-21(24-22)26-18-9-10-19(26)14-25(13-18)15(2)3/h7,11-12,15-16,18-19H,4-6,8-10,13-14H2,1-3H3. The van der Waals surface area contributed by atoms with Crippen molar-refractivity contribution in [2.45, 2.75) is 77.4 Å². The number of ketones is 1. The molecule has 0 N–H and O–H groups in total. The lowest BCUT2D eigenvalue weighted by atomic mass is 9.85. The molecule has 146 valence electrons. The highest BCUT2D eigenvalue weighted by Gasteiger charge is 2.41. The van der Waals surface area contributed by atoms with Crippen LogP contribution in [0.5, 0.6) is 0 Å². The molecule has 0 radical (unpaired) electrons. The third-order valence-electron chi connectivity index (χ3n) is 6.65. The molecular weight excluding hydrogens is 336 g/mol. The van der Waals surface area contributed by atoms with Gasteiger partial charge in [0, 0.05) is 49.8 Å². The molecule has 4 rings (SSSR count). The lowest BCUT2D eigenvalue weighted by molar-refractivity contribution is -0.122. The monoisotopic (exact) mass is 368 g/mol. The van der Waals surface area contributed by atoms with E-state index in [-0.39, 0.29) is 5.92 Å². The van der Waals surface area contributed by atoms with E-state index in [4.69, 9.17) is 4.98 Å². The summed E-state index contributed by atoms with van der Waals surface area (Å²) >= 11 is 0. The van der Waals surface area contributed by atoms with Crippen LogP contribution in [0.15, 0.2) is 18.3 Å². The highest BCUT2D eigenvalue weighted by Crippen LogP contribution is 2.36. The molecule has 3 aliphatic rings. The first-order valence-corrected chi connectivity index (χ1v) is 10.6. The zero-order valence-electron chi connectivity index (χ0n) is 16.9. The van der Waals surface area contributed by atoms with Crippen molar-refractivity contribution < 1.29 is 4.79 Å². The van der Waals surface area contributed by atoms with Crippen LogP contribution >= 0.6 is 0 Å². The lowest BCUT2D eigenvalue weighted by Crippen LogP contribution is -2.55. The van der Waals surface area contributed by atoms with Crippen molar-refractivity contribution in [2.75, 3.05) is 18.0 Å². The predicted octanol–water partition coefficient (Wildman–Crippen LogP) is 3.70. The predicted molar refractivity (Wildman–Crippen MR) is 109 cm³/mol. The molecule has 3 atom stereocenters. The third-order valence-corrected chi connectivity index (χ3v) is 6.65. The largest absolute Gasteiger partial charge is 0.348 e. The lowest BCUT2D eigenvalue weighted by Gasteiger charge is -2.43. The Morgan fingerprint density at radius 3 is 2.56 bits per heavy atom. The Morgan fingerprint density at radius 2 is 1.96 bits per heavy atom. The van der Waals surface area contributed by atoms with Gasteiger partial charge in [-0.3, -0.25) is 9.69 Å². The Bertz CT molecular complexity index is 715. The van der Waals surface area contributed by atoms with E-state index in [9.17, 15) is 4.79 Å². The second-order valence-electron chi connectivity index (χ2n) is 8.60. The third kappa shape index (κ3) is 3.66. The summed E-state index contributed by atoms with van der Waals surface area (Å²) in [5.41, 5.74) is 1.21. The van der Waals surface area contributed by atoms with Crippen LogP contribution in [0.3, 0.4) is 0 Å². The molecule has 0 spiro atoms. The van der Waals surface area contributed by atoms with Gasteiger partial charge in [0.2, 0.25) is 0 Å². The highest BCUT2D eigenvalue weighted by molar-refractivity contribution is 5.82. The van der Waals surface area contributed by atoms with Gasteiger partial charge < -0.3 is 4.90 Å². The van der Waals surface area contributed by atoms with E-state index in [1.807, 2.05) is 13.1 Å². The molecule has 1 aliphatic carbocycles. The molecule has 3 heterocycles. The SMILES string of the molecule is CCC(=O)C1CC=C(c2nccc(N3C4CCC3CN(C(C)C)C4)n2)CC1. The molecule has 0 saturated carbocycles. The van der Waals surface area contributed by atoms with Gasteiger partial charge in [-0.05, 0) is 57.6 Å². The average molecular weight is 369 g/mol. The maximum absolute atomic E-state index is 12.0. The first-order valence-electron chi connectivity index (χ1n) is 10.6. The minimum absolute atomic E-state index is 0.196. The molecule has 1 aromatic rings. The summed E-state index contributed by atoms with van der Waals surface area (Å²) < 4.78 is 0. The van der Waals surface area contributed by atoms with Crippen LogP contribution < -0.4 is 4.90 Å². The molecule has 2 bridgehead atoms. The fraction of sp³-hybridized carbons (Fsp3) is 0.682. The molecular formula is C22H32N4O. The number of hydrogen-bond acceptors (Lipinski definition) is 5. The van der Waals surface area contributed by atoms with Gasteiger partial charge >= 0.3 is 0 Å². The fourth-order valence-corrected chi connectivity index (χ4v) is 5.00. The zero-order valence-corrected chi connectivity index (χ0v) is 16.9. The Hall–Kier alpha value is -1.75. The van der Waals surface area contributed by atoms with E-state index in [0.29, 0.717) is 30.3 Å². The molecule has 0 amide bonds. The van der Waals surface area contributed by atoms with Gasteiger partial charge in [0.05, 0.1) is 0 Å². The first kappa shape index (κ1) is 18.6. The molecule has 27 heavy (non-hydrogen) atoms. The second-order valence-corrected chi connectivity index (χ2v) is 8.60. The van der Waals surface area contributed by atoms with Crippen molar-refractivity contribution >= 4 is 17.2 Å². The zero-order chi connectivity index (χ0) is 19.0. The molecule has 2 aliphatic heterocycles. The Kier molecular flexibility index (Phi) is 5.31. The van der Waals surface area contributed by atoms with Crippen LogP contribution in [0.2, 0.25) is 0 Å². The van der Waals surface area contributed by atoms with Gasteiger partial charge in [-0.2, -0.15) is 0 Å². The van der Waals surface area contributed by atoms with Crippen LogP contribution in [0, 0.1) is 5.92 Å². The van der Waals surface area contributed by atoms with Gasteiger partial charge in [-0.25, -0.2) is 9.97 Å². The van der Waals surface area contributed by atoms with Crippen LogP contribution in [0.25, 0.3) is 5.57 Å². The molecule has 5 nitrogen and oxygen atoms in total. The number of carbonyl (C=O) groups is 1. The maximum atomic E-state index is 12.0. The molecule has 1 aromatic heterocycles. The van der Waals surface area contributed by atoms with Gasteiger partial charge in [0.15, 0.2) is 5.82 Å². The van der Waals surface area contributed by atoms with Crippen LogP contribution in [-0.4, -0.2) is 51.9 Å². The van der Waals surface area contributed by atoms with E-state index in [1.165, 1.54) is 18.4 Å². The summed E-state index contributed by atoms with van der Waals surface area (Å²) in [7, 11) is 0. The fourth-order valence-electron chi connectivity index (χ4n) is 5.00. The Morgan fingerprint density at radius 1 is 1.22 bits per heavy atom. The number of rotatable bonds is 5. The van der Waals surface area contributed by atoms with Gasteiger partial charge in [-0.1, -0.05) is 13.0 Å². The number of anilines is 1. The van der Waals surface area contributed by atoms with E-state index >= 15 is 0 Å². The quantitative estimate of drug-likeness (QED) is 0.793. The van der Waals surface area contributed by atoms with E-state index in [1.54, 1.807) is 0 Å². The normalized spacial score (nSPS) is 28.5. The minimum atomic E-state index is 0.196. The van der Waals surface area contributed by atoms with Crippen LogP contribution in [0.1, 0.15) is 65.1 Å². The number of Topliss-reactive ketones (excluding diaryl/α,β-unsaturated/α-hetero) is 1. The summed E-state index contributed by atoms with van der Waals surface area (Å²) in [6.45, 7) is 8.82. The molecule has 2 saturated heterocycles. The summed E-state index contributed by atoms with van der Waals surface area (Å²) in [4.78, 5) is 26.6.